The molecule has 2 aliphatic heterocycles. The van der Waals surface area contributed by atoms with Crippen molar-refractivity contribution in [1.29, 1.82) is 0 Å². The molecule has 2 aliphatic rings. The van der Waals surface area contributed by atoms with Gasteiger partial charge in [0, 0.05) is 0 Å². The molecule has 0 spiro atoms. The molecule has 0 fully saturated rings. The lowest BCUT2D eigenvalue weighted by atomic mass is 9.95. The van der Waals surface area contributed by atoms with E-state index in [0.717, 1.165) is 0 Å². The quantitative estimate of drug-likeness (QED) is 0.741. The molecule has 28 heavy (non-hydrogen) atoms. The zero-order chi connectivity index (χ0) is 20.0. The Morgan fingerprint density at radius 1 is 0.607 bits per heavy atom. The molecule has 0 aromatic heterocycles. The summed E-state index contributed by atoms with van der Waals surface area (Å²) in [6.07, 6.45) is 0. The Bertz CT molecular complexity index is 876. The SMILES string of the molecule is Cc1cc(C)c([C@H]2COC(C3=N[C@@H](c4c(C)cc(C)cc4C)CO3)=N2)c(C)c1. The summed E-state index contributed by atoms with van der Waals surface area (Å²) < 4.78 is 11.8. The van der Waals surface area contributed by atoms with Gasteiger partial charge in [-0.25, -0.2) is 9.98 Å². The molecule has 4 nitrogen and oxygen atoms in total. The van der Waals surface area contributed by atoms with Crippen molar-refractivity contribution in [1.82, 2.24) is 0 Å². The van der Waals surface area contributed by atoms with Crippen LogP contribution in [0.4, 0.5) is 0 Å². The largest absolute Gasteiger partial charge is 0.471 e. The zero-order valence-electron chi connectivity index (χ0n) is 17.6. The molecule has 4 rings (SSSR count). The number of hydrogen-bond donors (Lipinski definition) is 0. The summed E-state index contributed by atoms with van der Waals surface area (Å²) in [5, 5.41) is 0. The molecule has 0 aliphatic carbocycles. The highest BCUT2D eigenvalue weighted by Gasteiger charge is 2.32. The molecule has 2 atom stereocenters. The number of rotatable bonds is 3. The maximum absolute atomic E-state index is 5.90. The highest BCUT2D eigenvalue weighted by atomic mass is 16.5. The van der Waals surface area contributed by atoms with Crippen molar-refractivity contribution in [2.45, 2.75) is 53.6 Å². The number of nitrogens with zero attached hydrogens (tertiary/aromatic N) is 2. The molecular formula is C24H28N2O2. The van der Waals surface area contributed by atoms with Crippen LogP contribution in [-0.2, 0) is 9.47 Å². The molecule has 0 saturated heterocycles. The van der Waals surface area contributed by atoms with E-state index in [-0.39, 0.29) is 12.1 Å². The van der Waals surface area contributed by atoms with Crippen LogP contribution in [0.25, 0.3) is 0 Å². The second-order valence-electron chi connectivity index (χ2n) is 8.15. The predicted molar refractivity (Wildman–Crippen MR) is 114 cm³/mol. The Hall–Kier alpha value is -2.62. The van der Waals surface area contributed by atoms with E-state index in [9.17, 15) is 0 Å². The van der Waals surface area contributed by atoms with E-state index in [1.54, 1.807) is 0 Å². The van der Waals surface area contributed by atoms with Gasteiger partial charge in [0.05, 0.1) is 0 Å². The molecule has 2 aromatic carbocycles. The van der Waals surface area contributed by atoms with Crippen molar-refractivity contribution in [3.8, 4) is 0 Å². The average Bonchev–Trinajstić information content (AvgIpc) is 3.22. The number of aliphatic imine (C=N–C) groups is 2. The molecule has 2 aromatic rings. The maximum atomic E-state index is 5.90. The molecule has 0 radical (unpaired) electrons. The van der Waals surface area contributed by atoms with E-state index in [0.29, 0.717) is 25.0 Å². The van der Waals surface area contributed by atoms with Gasteiger partial charge in [-0.3, -0.25) is 0 Å². The Labute approximate surface area is 167 Å². The standard InChI is InChI=1S/C24H28N2O2/c1-13-7-15(3)21(16(4)8-13)19-11-27-23(25-19)24-26-20(12-28-24)22-17(5)9-14(2)10-18(22)6/h7-10,19-20H,11-12H2,1-6H3/t19-,20-/m1/s1. The van der Waals surface area contributed by atoms with Gasteiger partial charge in [0.2, 0.25) is 0 Å². The van der Waals surface area contributed by atoms with E-state index in [2.05, 4.69) is 65.8 Å². The van der Waals surface area contributed by atoms with Crippen molar-refractivity contribution in [2.24, 2.45) is 9.98 Å². The second kappa shape index (κ2) is 7.08. The lowest BCUT2D eigenvalue weighted by Crippen LogP contribution is -2.14. The molecule has 4 heteroatoms. The predicted octanol–water partition coefficient (Wildman–Crippen LogP) is 5.18. The van der Waals surface area contributed by atoms with Crippen LogP contribution in [0.5, 0.6) is 0 Å². The monoisotopic (exact) mass is 376 g/mol. The fraction of sp³-hybridized carbons (Fsp3) is 0.417. The number of ether oxygens (including phenoxy) is 2. The minimum absolute atomic E-state index is 0.00352. The first kappa shape index (κ1) is 18.7. The lowest BCUT2D eigenvalue weighted by Gasteiger charge is -2.14. The third kappa shape index (κ3) is 3.32. The summed E-state index contributed by atoms with van der Waals surface area (Å²) >= 11 is 0. The number of benzene rings is 2. The van der Waals surface area contributed by atoms with Crippen LogP contribution in [0.1, 0.15) is 56.6 Å². The van der Waals surface area contributed by atoms with Crippen LogP contribution in [0.3, 0.4) is 0 Å². The maximum Gasteiger partial charge on any atom is 0.273 e. The summed E-state index contributed by atoms with van der Waals surface area (Å²) in [5.41, 5.74) is 10.1. The van der Waals surface area contributed by atoms with Gasteiger partial charge >= 0.3 is 0 Å². The van der Waals surface area contributed by atoms with Crippen molar-refractivity contribution in [3.05, 3.63) is 68.8 Å². The van der Waals surface area contributed by atoms with Crippen molar-refractivity contribution >= 4 is 11.8 Å². The van der Waals surface area contributed by atoms with Gasteiger partial charge in [0.25, 0.3) is 11.8 Å². The summed E-state index contributed by atoms with van der Waals surface area (Å²) in [4.78, 5) is 9.63. The molecule has 146 valence electrons. The number of aryl methyl sites for hydroxylation is 6. The van der Waals surface area contributed by atoms with E-state index in [4.69, 9.17) is 19.5 Å². The number of hydrogen-bond acceptors (Lipinski definition) is 4. The van der Waals surface area contributed by atoms with E-state index in [1.165, 1.54) is 44.5 Å². The first-order valence-corrected chi connectivity index (χ1v) is 9.90. The molecule has 0 N–H and O–H groups in total. The van der Waals surface area contributed by atoms with Crippen molar-refractivity contribution in [2.75, 3.05) is 13.2 Å². The Morgan fingerprint density at radius 3 is 1.25 bits per heavy atom. The fourth-order valence-electron chi connectivity index (χ4n) is 4.71. The van der Waals surface area contributed by atoms with Gasteiger partial charge in [0.1, 0.15) is 25.3 Å². The zero-order valence-corrected chi connectivity index (χ0v) is 17.6. The van der Waals surface area contributed by atoms with E-state index >= 15 is 0 Å². The van der Waals surface area contributed by atoms with Crippen LogP contribution < -0.4 is 0 Å². The summed E-state index contributed by atoms with van der Waals surface area (Å²) in [6, 6.07) is 8.83. The molecule has 2 heterocycles. The Balaban J connectivity index is 1.61. The van der Waals surface area contributed by atoms with Crippen LogP contribution in [-0.4, -0.2) is 25.0 Å². The summed E-state index contributed by atoms with van der Waals surface area (Å²) in [7, 11) is 0. The second-order valence-corrected chi connectivity index (χ2v) is 8.15. The van der Waals surface area contributed by atoms with Crippen LogP contribution >= 0.6 is 0 Å². The topological polar surface area (TPSA) is 43.2 Å². The van der Waals surface area contributed by atoms with Gasteiger partial charge in [0.15, 0.2) is 0 Å². The molecular weight excluding hydrogens is 348 g/mol. The first-order valence-electron chi connectivity index (χ1n) is 9.90. The third-order valence-electron chi connectivity index (χ3n) is 5.63. The normalized spacial score (nSPS) is 21.2. The van der Waals surface area contributed by atoms with Gasteiger partial charge in [-0.15, -0.1) is 0 Å². The van der Waals surface area contributed by atoms with E-state index < -0.39 is 0 Å². The summed E-state index contributed by atoms with van der Waals surface area (Å²) in [5.74, 6) is 1.07. The fourth-order valence-corrected chi connectivity index (χ4v) is 4.71. The third-order valence-corrected chi connectivity index (χ3v) is 5.63. The van der Waals surface area contributed by atoms with E-state index in [1.807, 2.05) is 0 Å². The van der Waals surface area contributed by atoms with Gasteiger partial charge in [-0.2, -0.15) is 0 Å². The molecule has 0 amide bonds. The summed E-state index contributed by atoms with van der Waals surface area (Å²) in [6.45, 7) is 13.9. The van der Waals surface area contributed by atoms with Crippen molar-refractivity contribution < 1.29 is 9.47 Å². The highest BCUT2D eigenvalue weighted by Crippen LogP contribution is 2.33. The van der Waals surface area contributed by atoms with Gasteiger partial charge < -0.3 is 9.47 Å². The average molecular weight is 377 g/mol. The minimum Gasteiger partial charge on any atom is -0.471 e. The van der Waals surface area contributed by atoms with Crippen LogP contribution in [0.2, 0.25) is 0 Å². The Morgan fingerprint density at radius 2 is 0.929 bits per heavy atom. The Kier molecular flexibility index (Phi) is 4.74. The van der Waals surface area contributed by atoms with Crippen LogP contribution in [0, 0.1) is 41.5 Å². The lowest BCUT2D eigenvalue weighted by molar-refractivity contribution is 0.295. The van der Waals surface area contributed by atoms with Crippen LogP contribution in [0.15, 0.2) is 34.3 Å². The minimum atomic E-state index is 0.00352. The van der Waals surface area contributed by atoms with Gasteiger partial charge in [-0.1, -0.05) is 35.4 Å². The molecule has 0 bridgehead atoms. The molecule has 0 saturated carbocycles. The highest BCUT2D eigenvalue weighted by molar-refractivity contribution is 6.36. The first-order chi connectivity index (χ1) is 13.3. The van der Waals surface area contributed by atoms with Crippen molar-refractivity contribution in [3.63, 3.8) is 0 Å². The smallest absolute Gasteiger partial charge is 0.273 e. The molecule has 0 unspecified atom stereocenters. The van der Waals surface area contributed by atoms with Gasteiger partial charge in [-0.05, 0) is 74.9 Å².